The van der Waals surface area contributed by atoms with E-state index in [1.807, 2.05) is 0 Å². The quantitative estimate of drug-likeness (QED) is 0.388. The van der Waals surface area contributed by atoms with E-state index in [4.69, 9.17) is 32.4 Å². The fourth-order valence-corrected chi connectivity index (χ4v) is 4.59. The molecule has 0 aliphatic carbocycles. The van der Waals surface area contributed by atoms with E-state index in [0.29, 0.717) is 11.4 Å². The lowest BCUT2D eigenvalue weighted by Gasteiger charge is -2.11. The van der Waals surface area contributed by atoms with Crippen LogP contribution in [-0.4, -0.2) is 26.9 Å². The third-order valence-corrected chi connectivity index (χ3v) is 6.72. The molecule has 3 rings (SSSR count). The summed E-state index contributed by atoms with van der Waals surface area (Å²) < 4.78 is 38.5. The van der Waals surface area contributed by atoms with Crippen LogP contribution >= 0.6 is 39.1 Å². The van der Waals surface area contributed by atoms with Crippen LogP contribution in [0.5, 0.6) is 0 Å². The highest BCUT2D eigenvalue weighted by Crippen LogP contribution is 2.29. The van der Waals surface area contributed by atoms with Crippen LogP contribution in [-0.2, 0) is 26.1 Å². The van der Waals surface area contributed by atoms with E-state index in [0.717, 1.165) is 16.6 Å². The maximum Gasteiger partial charge on any atom is 0.340 e. The minimum atomic E-state index is -4.11. The van der Waals surface area contributed by atoms with Gasteiger partial charge in [-0.15, -0.1) is 0 Å². The number of nitrogens with one attached hydrogen (secondary N) is 2. The van der Waals surface area contributed by atoms with Crippen molar-refractivity contribution in [3.05, 3.63) is 80.6 Å². The maximum atomic E-state index is 12.6. The number of anilines is 1. The van der Waals surface area contributed by atoms with Gasteiger partial charge in [0, 0.05) is 10.2 Å². The Morgan fingerprint density at radius 1 is 1.06 bits per heavy atom. The number of hydrogen-bond acceptors (Lipinski definition) is 6. The van der Waals surface area contributed by atoms with Gasteiger partial charge in [-0.25, -0.2) is 17.9 Å². The molecule has 8 nitrogen and oxygen atoms in total. The molecule has 0 atom stereocenters. The fourth-order valence-electron chi connectivity index (χ4n) is 2.49. The third kappa shape index (κ3) is 6.33. The van der Waals surface area contributed by atoms with Crippen LogP contribution in [0.15, 0.2) is 68.6 Å². The number of halogens is 3. The van der Waals surface area contributed by atoms with Crippen molar-refractivity contribution in [3.63, 3.8) is 0 Å². The first-order valence-electron chi connectivity index (χ1n) is 8.89. The van der Waals surface area contributed by atoms with Crippen LogP contribution < -0.4 is 10.0 Å². The number of rotatable bonds is 8. The average molecular weight is 562 g/mol. The first-order valence-corrected chi connectivity index (χ1v) is 11.9. The molecule has 0 radical (unpaired) electrons. The summed E-state index contributed by atoms with van der Waals surface area (Å²) >= 11 is 15.4. The minimum absolute atomic E-state index is 0.121. The van der Waals surface area contributed by atoms with Crippen molar-refractivity contribution in [3.8, 4) is 0 Å². The number of hydrogen-bond donors (Lipinski definition) is 2. The number of esters is 1. The van der Waals surface area contributed by atoms with E-state index in [1.54, 1.807) is 36.4 Å². The molecule has 0 aliphatic heterocycles. The number of benzene rings is 2. The molecule has 1 heterocycles. The predicted molar refractivity (Wildman–Crippen MR) is 122 cm³/mol. The number of sulfonamides is 1. The monoisotopic (exact) mass is 560 g/mol. The second kappa shape index (κ2) is 10.5. The molecular formula is C20H15BrCl2N2O6S. The van der Waals surface area contributed by atoms with Crippen molar-refractivity contribution < 1.29 is 27.2 Å². The van der Waals surface area contributed by atoms with Crippen molar-refractivity contribution in [2.75, 3.05) is 11.9 Å². The Morgan fingerprint density at radius 3 is 2.44 bits per heavy atom. The fraction of sp³-hybridized carbons (Fsp3) is 0.100. The van der Waals surface area contributed by atoms with Crippen LogP contribution in [0.1, 0.15) is 16.1 Å². The molecule has 0 saturated carbocycles. The van der Waals surface area contributed by atoms with Crippen molar-refractivity contribution in [2.24, 2.45) is 0 Å². The third-order valence-electron chi connectivity index (χ3n) is 4.01. The van der Waals surface area contributed by atoms with Gasteiger partial charge in [-0.3, -0.25) is 4.79 Å². The summed E-state index contributed by atoms with van der Waals surface area (Å²) in [5, 5.41) is 2.24. The van der Waals surface area contributed by atoms with Gasteiger partial charge in [0.05, 0.1) is 28.4 Å². The molecule has 168 valence electrons. The van der Waals surface area contributed by atoms with E-state index in [2.05, 4.69) is 26.0 Å². The lowest BCUT2D eigenvalue weighted by molar-refractivity contribution is -0.119. The van der Waals surface area contributed by atoms with Crippen molar-refractivity contribution >= 4 is 66.7 Å². The highest BCUT2D eigenvalue weighted by molar-refractivity contribution is 9.10. The summed E-state index contributed by atoms with van der Waals surface area (Å²) in [6, 6.07) is 12.1. The summed E-state index contributed by atoms with van der Waals surface area (Å²) in [6.07, 6.45) is 1.40. The van der Waals surface area contributed by atoms with E-state index in [9.17, 15) is 18.0 Å². The van der Waals surface area contributed by atoms with Gasteiger partial charge in [-0.1, -0.05) is 39.1 Å². The summed E-state index contributed by atoms with van der Waals surface area (Å²) in [6.45, 7) is -0.725. The molecule has 12 heteroatoms. The van der Waals surface area contributed by atoms with Gasteiger partial charge in [0.25, 0.3) is 5.91 Å². The zero-order valence-corrected chi connectivity index (χ0v) is 20.0. The molecule has 0 spiro atoms. The van der Waals surface area contributed by atoms with Crippen LogP contribution in [0.2, 0.25) is 10.0 Å². The van der Waals surface area contributed by atoms with Crippen molar-refractivity contribution in [1.82, 2.24) is 4.72 Å². The van der Waals surface area contributed by atoms with Crippen LogP contribution in [0.4, 0.5) is 5.69 Å². The molecule has 1 aromatic heterocycles. The molecule has 0 unspecified atom stereocenters. The molecular weight excluding hydrogens is 547 g/mol. The zero-order chi connectivity index (χ0) is 23.3. The van der Waals surface area contributed by atoms with Crippen LogP contribution in [0.3, 0.4) is 0 Å². The van der Waals surface area contributed by atoms with Gasteiger partial charge in [-0.2, -0.15) is 0 Å². The normalized spacial score (nSPS) is 11.2. The molecule has 0 bridgehead atoms. The topological polar surface area (TPSA) is 115 Å². The lowest BCUT2D eigenvalue weighted by atomic mass is 10.2. The van der Waals surface area contributed by atoms with E-state index in [1.165, 1.54) is 6.26 Å². The van der Waals surface area contributed by atoms with E-state index >= 15 is 0 Å². The molecule has 0 fully saturated rings. The number of amides is 1. The lowest BCUT2D eigenvalue weighted by Crippen LogP contribution is -2.24. The highest BCUT2D eigenvalue weighted by Gasteiger charge is 2.24. The second-order valence-electron chi connectivity index (χ2n) is 6.30. The second-order valence-corrected chi connectivity index (χ2v) is 9.76. The maximum absolute atomic E-state index is 12.6. The van der Waals surface area contributed by atoms with Gasteiger partial charge in [0.2, 0.25) is 10.0 Å². The predicted octanol–water partition coefficient (Wildman–Crippen LogP) is 4.62. The molecule has 1 amide bonds. The Bertz CT molecular complexity index is 1230. The Hall–Kier alpha value is -2.37. The minimum Gasteiger partial charge on any atom is -0.468 e. The number of carbonyl (C=O) groups is 2. The van der Waals surface area contributed by atoms with Gasteiger partial charge in [0.15, 0.2) is 6.61 Å². The smallest absolute Gasteiger partial charge is 0.340 e. The van der Waals surface area contributed by atoms with Gasteiger partial charge in [-0.05, 0) is 48.5 Å². The summed E-state index contributed by atoms with van der Waals surface area (Å²) in [5.41, 5.74) is 0.251. The number of ether oxygens (including phenoxy) is 1. The Balaban J connectivity index is 1.69. The standard InChI is InChI=1S/C20H15BrCl2N2O6S/c21-12-3-5-13(6-4-12)25-19(26)11-31-20(27)15-8-18(17(23)9-16(15)22)32(28,29)24-10-14-2-1-7-30-14/h1-9,24H,10-11H2,(H,25,26). The van der Waals surface area contributed by atoms with Gasteiger partial charge in [0.1, 0.15) is 10.7 Å². The summed E-state index contributed by atoms with van der Waals surface area (Å²) in [5.74, 6) is -1.19. The molecule has 2 N–H and O–H groups in total. The Morgan fingerprint density at radius 2 is 1.78 bits per heavy atom. The van der Waals surface area contributed by atoms with Gasteiger partial charge >= 0.3 is 5.97 Å². The van der Waals surface area contributed by atoms with Crippen molar-refractivity contribution in [2.45, 2.75) is 11.4 Å². The van der Waals surface area contributed by atoms with Crippen molar-refractivity contribution in [1.29, 1.82) is 0 Å². The molecule has 0 aliphatic rings. The summed E-state index contributed by atoms with van der Waals surface area (Å²) in [4.78, 5) is 24.1. The highest BCUT2D eigenvalue weighted by atomic mass is 79.9. The first kappa shape index (κ1) is 24.3. The summed E-state index contributed by atoms with van der Waals surface area (Å²) in [7, 11) is -4.11. The molecule has 32 heavy (non-hydrogen) atoms. The van der Waals surface area contributed by atoms with Crippen LogP contribution in [0, 0.1) is 0 Å². The number of furan rings is 1. The number of carbonyl (C=O) groups excluding carboxylic acids is 2. The zero-order valence-electron chi connectivity index (χ0n) is 16.1. The molecule has 0 saturated heterocycles. The molecule has 2 aromatic carbocycles. The van der Waals surface area contributed by atoms with Gasteiger partial charge < -0.3 is 14.5 Å². The van der Waals surface area contributed by atoms with Crippen LogP contribution in [0.25, 0.3) is 0 Å². The SMILES string of the molecule is O=C(COC(=O)c1cc(S(=O)(=O)NCc2ccco2)c(Cl)cc1Cl)Nc1ccc(Br)cc1. The molecule has 3 aromatic rings. The van der Waals surface area contributed by atoms with E-state index < -0.39 is 28.5 Å². The first-order chi connectivity index (χ1) is 15.2. The Labute approximate surface area is 202 Å². The largest absolute Gasteiger partial charge is 0.468 e. The average Bonchev–Trinajstić information content (AvgIpc) is 3.26. The Kier molecular flexibility index (Phi) is 7.96. The van der Waals surface area contributed by atoms with E-state index in [-0.39, 0.29) is 27.0 Å².